The second-order valence-corrected chi connectivity index (χ2v) is 4.69. The molecule has 0 aliphatic heterocycles. The van der Waals surface area contributed by atoms with Crippen molar-refractivity contribution in [1.82, 2.24) is 9.97 Å². The Hall–Kier alpha value is -1.35. The number of nitrogens with zero attached hydrogens (tertiary/aromatic N) is 1. The first-order valence-electron chi connectivity index (χ1n) is 5.78. The first-order valence-corrected chi connectivity index (χ1v) is 5.78. The van der Waals surface area contributed by atoms with Gasteiger partial charge in [0.25, 0.3) is 0 Å². The molecule has 0 saturated carbocycles. The van der Waals surface area contributed by atoms with Crippen LogP contribution in [0.3, 0.4) is 0 Å². The lowest BCUT2D eigenvalue weighted by Crippen LogP contribution is -2.17. The summed E-state index contributed by atoms with van der Waals surface area (Å²) in [4.78, 5) is 7.66. The molecule has 0 fully saturated rings. The van der Waals surface area contributed by atoms with Gasteiger partial charge in [-0.1, -0.05) is 19.9 Å². The number of H-pyrrole nitrogens is 1. The van der Waals surface area contributed by atoms with Crippen LogP contribution >= 0.6 is 0 Å². The third-order valence-corrected chi connectivity index (χ3v) is 3.11. The van der Waals surface area contributed by atoms with Crippen LogP contribution in [0.15, 0.2) is 18.2 Å². The Morgan fingerprint density at radius 1 is 1.38 bits per heavy atom. The van der Waals surface area contributed by atoms with E-state index in [2.05, 4.69) is 42.0 Å². The Morgan fingerprint density at radius 3 is 2.75 bits per heavy atom. The van der Waals surface area contributed by atoms with Crippen LogP contribution in [-0.4, -0.2) is 16.5 Å². The predicted molar refractivity (Wildman–Crippen MR) is 67.5 cm³/mol. The van der Waals surface area contributed by atoms with Crippen LogP contribution in [0.1, 0.15) is 31.2 Å². The van der Waals surface area contributed by atoms with Gasteiger partial charge < -0.3 is 10.7 Å². The fraction of sp³-hybridized carbons (Fsp3) is 0.462. The van der Waals surface area contributed by atoms with Crippen LogP contribution < -0.4 is 5.73 Å². The van der Waals surface area contributed by atoms with Crippen LogP contribution in [0, 0.1) is 12.8 Å². The molecule has 0 aliphatic rings. The van der Waals surface area contributed by atoms with Crippen LogP contribution in [-0.2, 0) is 0 Å². The third-order valence-electron chi connectivity index (χ3n) is 3.11. The molecule has 2 rings (SSSR count). The van der Waals surface area contributed by atoms with E-state index < -0.39 is 0 Å². The summed E-state index contributed by atoms with van der Waals surface area (Å²) in [6.45, 7) is 7.08. The minimum atomic E-state index is 0.424. The fourth-order valence-corrected chi connectivity index (χ4v) is 2.18. The standard InChI is InChI=1S/C13H19N3/c1-8(2)11(7-14)10-4-5-12-13(6-10)16-9(3)15-12/h4-6,8,11H,7,14H2,1-3H3,(H,15,16). The van der Waals surface area contributed by atoms with Gasteiger partial charge in [0.2, 0.25) is 0 Å². The molecule has 16 heavy (non-hydrogen) atoms. The number of hydrogen-bond acceptors (Lipinski definition) is 2. The normalized spacial score (nSPS) is 13.6. The molecule has 0 bridgehead atoms. The Bertz CT molecular complexity index is 485. The summed E-state index contributed by atoms with van der Waals surface area (Å²) >= 11 is 0. The summed E-state index contributed by atoms with van der Waals surface area (Å²) in [5.74, 6) is 1.94. The maximum Gasteiger partial charge on any atom is 0.104 e. The average molecular weight is 217 g/mol. The highest BCUT2D eigenvalue weighted by atomic mass is 14.9. The monoisotopic (exact) mass is 217 g/mol. The van der Waals surface area contributed by atoms with Crippen molar-refractivity contribution >= 4 is 11.0 Å². The molecule has 0 aliphatic carbocycles. The Labute approximate surface area is 96.1 Å². The van der Waals surface area contributed by atoms with E-state index in [1.807, 2.05) is 6.92 Å². The molecule has 86 valence electrons. The zero-order valence-corrected chi connectivity index (χ0v) is 10.1. The quantitative estimate of drug-likeness (QED) is 0.830. The van der Waals surface area contributed by atoms with Crippen molar-refractivity contribution in [2.75, 3.05) is 6.54 Å². The van der Waals surface area contributed by atoms with Crippen molar-refractivity contribution in [2.24, 2.45) is 11.7 Å². The van der Waals surface area contributed by atoms with Gasteiger partial charge in [0, 0.05) is 0 Å². The summed E-state index contributed by atoms with van der Waals surface area (Å²) in [7, 11) is 0. The number of benzene rings is 1. The highest BCUT2D eigenvalue weighted by Crippen LogP contribution is 2.25. The lowest BCUT2D eigenvalue weighted by Gasteiger charge is -2.19. The fourth-order valence-electron chi connectivity index (χ4n) is 2.18. The third kappa shape index (κ3) is 1.95. The van der Waals surface area contributed by atoms with Crippen molar-refractivity contribution in [3.8, 4) is 0 Å². The number of aromatic amines is 1. The molecule has 0 amide bonds. The van der Waals surface area contributed by atoms with Gasteiger partial charge in [0.15, 0.2) is 0 Å². The lowest BCUT2D eigenvalue weighted by molar-refractivity contribution is 0.507. The van der Waals surface area contributed by atoms with E-state index in [-0.39, 0.29) is 0 Å². The average Bonchev–Trinajstić information content (AvgIpc) is 2.57. The highest BCUT2D eigenvalue weighted by Gasteiger charge is 2.14. The maximum atomic E-state index is 5.83. The van der Waals surface area contributed by atoms with Gasteiger partial charge in [-0.2, -0.15) is 0 Å². The Balaban J connectivity index is 2.44. The molecule has 0 radical (unpaired) electrons. The number of hydrogen-bond donors (Lipinski definition) is 2. The molecule has 3 heteroatoms. The number of nitrogens with one attached hydrogen (secondary N) is 1. The minimum Gasteiger partial charge on any atom is -0.342 e. The van der Waals surface area contributed by atoms with Crippen LogP contribution in [0.4, 0.5) is 0 Å². The highest BCUT2D eigenvalue weighted by molar-refractivity contribution is 5.76. The van der Waals surface area contributed by atoms with Crippen molar-refractivity contribution in [3.63, 3.8) is 0 Å². The van der Waals surface area contributed by atoms with E-state index in [0.29, 0.717) is 18.4 Å². The molecule has 2 aromatic rings. The second-order valence-electron chi connectivity index (χ2n) is 4.69. The smallest absolute Gasteiger partial charge is 0.104 e. The second kappa shape index (κ2) is 4.26. The van der Waals surface area contributed by atoms with Gasteiger partial charge in [-0.05, 0) is 43.0 Å². The topological polar surface area (TPSA) is 54.7 Å². The molecule has 1 atom stereocenters. The van der Waals surface area contributed by atoms with Crippen LogP contribution in [0.25, 0.3) is 11.0 Å². The van der Waals surface area contributed by atoms with Crippen molar-refractivity contribution in [1.29, 1.82) is 0 Å². The molecule has 0 spiro atoms. The van der Waals surface area contributed by atoms with E-state index in [1.54, 1.807) is 0 Å². The van der Waals surface area contributed by atoms with Gasteiger partial charge in [-0.15, -0.1) is 0 Å². The van der Waals surface area contributed by atoms with Gasteiger partial charge in [0.1, 0.15) is 5.82 Å². The van der Waals surface area contributed by atoms with Gasteiger partial charge in [0.05, 0.1) is 11.0 Å². The lowest BCUT2D eigenvalue weighted by atomic mass is 9.88. The Kier molecular flexibility index (Phi) is 2.97. The molecular weight excluding hydrogens is 198 g/mol. The van der Waals surface area contributed by atoms with E-state index in [9.17, 15) is 0 Å². The number of nitrogens with two attached hydrogens (primary N) is 1. The summed E-state index contributed by atoms with van der Waals surface area (Å²) < 4.78 is 0. The first kappa shape index (κ1) is 11.1. The van der Waals surface area contributed by atoms with Gasteiger partial charge >= 0.3 is 0 Å². The number of rotatable bonds is 3. The number of imidazole rings is 1. The van der Waals surface area contributed by atoms with E-state index >= 15 is 0 Å². The molecule has 1 unspecified atom stereocenters. The van der Waals surface area contributed by atoms with E-state index in [4.69, 9.17) is 5.73 Å². The molecular formula is C13H19N3. The van der Waals surface area contributed by atoms with Crippen LogP contribution in [0.2, 0.25) is 0 Å². The molecule has 3 N–H and O–H groups in total. The van der Waals surface area contributed by atoms with Crippen molar-refractivity contribution < 1.29 is 0 Å². The van der Waals surface area contributed by atoms with Gasteiger partial charge in [-0.25, -0.2) is 4.98 Å². The zero-order valence-electron chi connectivity index (χ0n) is 10.1. The summed E-state index contributed by atoms with van der Waals surface area (Å²) in [5, 5.41) is 0. The molecule has 1 aromatic carbocycles. The SMILES string of the molecule is Cc1nc2ccc(C(CN)C(C)C)cc2[nH]1. The maximum absolute atomic E-state index is 5.83. The number of aromatic nitrogens is 2. The molecule has 1 heterocycles. The molecule has 3 nitrogen and oxygen atoms in total. The summed E-state index contributed by atoms with van der Waals surface area (Å²) in [6.07, 6.45) is 0. The number of aryl methyl sites for hydroxylation is 1. The summed E-state index contributed by atoms with van der Waals surface area (Å²) in [5.41, 5.74) is 9.26. The van der Waals surface area contributed by atoms with Crippen LogP contribution in [0.5, 0.6) is 0 Å². The first-order chi connectivity index (χ1) is 7.61. The largest absolute Gasteiger partial charge is 0.342 e. The Morgan fingerprint density at radius 2 is 2.12 bits per heavy atom. The molecule has 0 saturated heterocycles. The summed E-state index contributed by atoms with van der Waals surface area (Å²) in [6, 6.07) is 6.38. The zero-order chi connectivity index (χ0) is 11.7. The van der Waals surface area contributed by atoms with Crippen molar-refractivity contribution in [3.05, 3.63) is 29.6 Å². The van der Waals surface area contributed by atoms with Crippen molar-refractivity contribution in [2.45, 2.75) is 26.7 Å². The van der Waals surface area contributed by atoms with E-state index in [1.165, 1.54) is 5.56 Å². The predicted octanol–water partition coefficient (Wildman–Crippen LogP) is 2.57. The minimum absolute atomic E-state index is 0.424. The molecule has 1 aromatic heterocycles. The van der Waals surface area contributed by atoms with E-state index in [0.717, 1.165) is 16.9 Å². The van der Waals surface area contributed by atoms with Gasteiger partial charge in [-0.3, -0.25) is 0 Å². The number of fused-ring (bicyclic) bond motifs is 1.